The molecule has 4 heteroatoms. The van der Waals surface area contributed by atoms with Crippen molar-refractivity contribution in [2.75, 3.05) is 32.2 Å². The van der Waals surface area contributed by atoms with Gasteiger partial charge in [-0.25, -0.2) is 0 Å². The number of likely N-dealkylation sites (N-methyl/N-ethyl adjacent to an activating group) is 1. The first-order chi connectivity index (χ1) is 8.60. The normalized spacial score (nSPS) is 12.5. The van der Waals surface area contributed by atoms with Crippen LogP contribution < -0.4 is 10.2 Å². The molecule has 0 fully saturated rings. The van der Waals surface area contributed by atoms with E-state index in [-0.39, 0.29) is 0 Å². The summed E-state index contributed by atoms with van der Waals surface area (Å²) in [6, 6.07) is 6.52. The van der Waals surface area contributed by atoms with E-state index in [9.17, 15) is 0 Å². The SMILES string of the molecule is CCNCc1ccc(N(C)C(C)COC)cc1Cl. The first-order valence-corrected chi connectivity index (χ1v) is 6.68. The third-order valence-corrected chi connectivity index (χ3v) is 3.43. The molecule has 0 saturated heterocycles. The van der Waals surface area contributed by atoms with Gasteiger partial charge in [0.1, 0.15) is 0 Å². The smallest absolute Gasteiger partial charge is 0.0663 e. The molecule has 0 saturated carbocycles. The van der Waals surface area contributed by atoms with Gasteiger partial charge in [-0.2, -0.15) is 0 Å². The zero-order valence-electron chi connectivity index (χ0n) is 11.7. The predicted octanol–water partition coefficient (Wildman–Crippen LogP) is 2.92. The maximum Gasteiger partial charge on any atom is 0.0663 e. The quantitative estimate of drug-likeness (QED) is 0.825. The molecule has 1 atom stereocenters. The van der Waals surface area contributed by atoms with Crippen LogP contribution in [0, 0.1) is 0 Å². The Balaban J connectivity index is 2.76. The molecule has 18 heavy (non-hydrogen) atoms. The summed E-state index contributed by atoms with van der Waals surface area (Å²) < 4.78 is 5.17. The van der Waals surface area contributed by atoms with Crippen molar-refractivity contribution < 1.29 is 4.74 Å². The van der Waals surface area contributed by atoms with Crippen LogP contribution in [0.5, 0.6) is 0 Å². The van der Waals surface area contributed by atoms with Crippen molar-refractivity contribution in [3.05, 3.63) is 28.8 Å². The Kier molecular flexibility index (Phi) is 6.47. The van der Waals surface area contributed by atoms with Crippen LogP contribution >= 0.6 is 11.6 Å². The molecule has 1 N–H and O–H groups in total. The molecule has 0 aliphatic rings. The van der Waals surface area contributed by atoms with Gasteiger partial charge >= 0.3 is 0 Å². The van der Waals surface area contributed by atoms with Gasteiger partial charge in [0.05, 0.1) is 6.61 Å². The second kappa shape index (κ2) is 7.62. The van der Waals surface area contributed by atoms with E-state index < -0.39 is 0 Å². The molecule has 1 aromatic rings. The first kappa shape index (κ1) is 15.3. The largest absolute Gasteiger partial charge is 0.383 e. The second-order valence-electron chi connectivity index (χ2n) is 4.47. The van der Waals surface area contributed by atoms with Crippen LogP contribution in [-0.4, -0.2) is 33.4 Å². The van der Waals surface area contributed by atoms with Crippen molar-refractivity contribution in [1.29, 1.82) is 0 Å². The van der Waals surface area contributed by atoms with Crippen molar-refractivity contribution in [3.63, 3.8) is 0 Å². The van der Waals surface area contributed by atoms with Crippen molar-refractivity contribution in [2.24, 2.45) is 0 Å². The summed E-state index contributed by atoms with van der Waals surface area (Å²) >= 11 is 6.29. The fraction of sp³-hybridized carbons (Fsp3) is 0.571. The predicted molar refractivity (Wildman–Crippen MR) is 78.6 cm³/mol. The number of rotatable bonds is 7. The van der Waals surface area contributed by atoms with E-state index in [0.717, 1.165) is 29.4 Å². The fourth-order valence-corrected chi connectivity index (χ4v) is 2.01. The fourth-order valence-electron chi connectivity index (χ4n) is 1.77. The molecule has 1 aromatic carbocycles. The van der Waals surface area contributed by atoms with E-state index >= 15 is 0 Å². The first-order valence-electron chi connectivity index (χ1n) is 6.31. The van der Waals surface area contributed by atoms with Crippen LogP contribution in [0.4, 0.5) is 5.69 Å². The number of anilines is 1. The Morgan fingerprint density at radius 1 is 1.44 bits per heavy atom. The number of methoxy groups -OCH3 is 1. The summed E-state index contributed by atoms with van der Waals surface area (Å²) in [6.45, 7) is 6.68. The van der Waals surface area contributed by atoms with E-state index in [0.29, 0.717) is 12.6 Å². The van der Waals surface area contributed by atoms with Gasteiger partial charge < -0.3 is 15.0 Å². The van der Waals surface area contributed by atoms with Crippen molar-refractivity contribution >= 4 is 17.3 Å². The average molecular weight is 271 g/mol. The average Bonchev–Trinajstić information content (AvgIpc) is 2.36. The Morgan fingerprint density at radius 3 is 2.72 bits per heavy atom. The molecule has 0 aliphatic heterocycles. The molecule has 0 amide bonds. The second-order valence-corrected chi connectivity index (χ2v) is 4.88. The molecule has 0 aliphatic carbocycles. The number of halogens is 1. The molecular formula is C14H23ClN2O. The van der Waals surface area contributed by atoms with Crippen molar-refractivity contribution in [2.45, 2.75) is 26.4 Å². The maximum absolute atomic E-state index is 6.29. The van der Waals surface area contributed by atoms with E-state index in [4.69, 9.17) is 16.3 Å². The van der Waals surface area contributed by atoms with E-state index in [1.54, 1.807) is 7.11 Å². The molecule has 0 spiro atoms. The molecule has 0 heterocycles. The molecule has 102 valence electrons. The summed E-state index contributed by atoms with van der Waals surface area (Å²) in [4.78, 5) is 2.17. The van der Waals surface area contributed by atoms with Crippen molar-refractivity contribution in [1.82, 2.24) is 5.32 Å². The standard InChI is InChI=1S/C14H23ClN2O/c1-5-16-9-12-6-7-13(8-14(12)15)17(3)11(2)10-18-4/h6-8,11,16H,5,9-10H2,1-4H3. The zero-order valence-corrected chi connectivity index (χ0v) is 12.4. The topological polar surface area (TPSA) is 24.5 Å². The molecular weight excluding hydrogens is 248 g/mol. The lowest BCUT2D eigenvalue weighted by Crippen LogP contribution is -2.32. The lowest BCUT2D eigenvalue weighted by atomic mass is 10.1. The summed E-state index contributed by atoms with van der Waals surface area (Å²) in [7, 11) is 3.77. The third-order valence-electron chi connectivity index (χ3n) is 3.08. The summed E-state index contributed by atoms with van der Waals surface area (Å²) in [5.74, 6) is 0. The number of nitrogens with one attached hydrogen (secondary N) is 1. The minimum absolute atomic E-state index is 0.325. The zero-order chi connectivity index (χ0) is 13.5. The Bertz CT molecular complexity index is 371. The Labute approximate surface area is 115 Å². The van der Waals surface area contributed by atoms with Gasteiger partial charge in [-0.1, -0.05) is 24.6 Å². The van der Waals surface area contributed by atoms with Gasteiger partial charge in [0.25, 0.3) is 0 Å². The lowest BCUT2D eigenvalue weighted by Gasteiger charge is -2.27. The van der Waals surface area contributed by atoms with Gasteiger partial charge in [0.15, 0.2) is 0 Å². The number of hydrogen-bond donors (Lipinski definition) is 1. The Hall–Kier alpha value is -0.770. The van der Waals surface area contributed by atoms with E-state index in [2.05, 4.69) is 43.2 Å². The highest BCUT2D eigenvalue weighted by Gasteiger charge is 2.11. The van der Waals surface area contributed by atoms with Crippen LogP contribution in [0.25, 0.3) is 0 Å². The maximum atomic E-state index is 6.29. The Morgan fingerprint density at radius 2 is 2.17 bits per heavy atom. The highest BCUT2D eigenvalue weighted by Crippen LogP contribution is 2.24. The van der Waals surface area contributed by atoms with Gasteiger partial charge in [-0.05, 0) is 31.2 Å². The minimum atomic E-state index is 0.325. The summed E-state index contributed by atoms with van der Waals surface area (Å²) in [5, 5.41) is 4.09. The monoisotopic (exact) mass is 270 g/mol. The lowest BCUT2D eigenvalue weighted by molar-refractivity contribution is 0.183. The molecule has 0 bridgehead atoms. The number of ether oxygens (including phenoxy) is 1. The van der Waals surface area contributed by atoms with Crippen LogP contribution in [-0.2, 0) is 11.3 Å². The van der Waals surface area contributed by atoms with E-state index in [1.165, 1.54) is 0 Å². The van der Waals surface area contributed by atoms with Gasteiger partial charge in [-0.3, -0.25) is 0 Å². The molecule has 1 rings (SSSR count). The molecule has 0 radical (unpaired) electrons. The van der Waals surface area contributed by atoms with Gasteiger partial charge in [-0.15, -0.1) is 0 Å². The van der Waals surface area contributed by atoms with Crippen LogP contribution in [0.15, 0.2) is 18.2 Å². The molecule has 1 unspecified atom stereocenters. The van der Waals surface area contributed by atoms with Gasteiger partial charge in [0.2, 0.25) is 0 Å². The summed E-state index contributed by atoms with van der Waals surface area (Å²) in [5.41, 5.74) is 2.25. The summed E-state index contributed by atoms with van der Waals surface area (Å²) in [6.07, 6.45) is 0. The van der Waals surface area contributed by atoms with Crippen LogP contribution in [0.2, 0.25) is 5.02 Å². The minimum Gasteiger partial charge on any atom is -0.383 e. The van der Waals surface area contributed by atoms with Crippen LogP contribution in [0.1, 0.15) is 19.4 Å². The van der Waals surface area contributed by atoms with Crippen molar-refractivity contribution in [3.8, 4) is 0 Å². The van der Waals surface area contributed by atoms with Crippen LogP contribution in [0.3, 0.4) is 0 Å². The van der Waals surface area contributed by atoms with Gasteiger partial charge in [0, 0.05) is 37.5 Å². The highest BCUT2D eigenvalue weighted by atomic mass is 35.5. The number of hydrogen-bond acceptors (Lipinski definition) is 3. The molecule has 3 nitrogen and oxygen atoms in total. The molecule has 0 aromatic heterocycles. The highest BCUT2D eigenvalue weighted by molar-refractivity contribution is 6.31. The number of benzene rings is 1. The third kappa shape index (κ3) is 4.16. The number of nitrogens with zero attached hydrogens (tertiary/aromatic N) is 1. The van der Waals surface area contributed by atoms with E-state index in [1.807, 2.05) is 6.07 Å².